The van der Waals surface area contributed by atoms with Gasteiger partial charge in [-0.3, -0.25) is 9.59 Å². The van der Waals surface area contributed by atoms with E-state index in [-0.39, 0.29) is 18.4 Å². The highest BCUT2D eigenvalue weighted by atomic mass is 32.2. The molecular formula is C21H22N2O3S2. The average Bonchev–Trinajstić information content (AvgIpc) is 3.04. The number of carbonyl (C=O) groups excluding carboxylic acids is 2. The van der Waals surface area contributed by atoms with Gasteiger partial charge in [0.15, 0.2) is 4.80 Å². The van der Waals surface area contributed by atoms with E-state index in [0.717, 1.165) is 21.5 Å². The fraction of sp³-hybridized carbons (Fsp3) is 0.286. The lowest BCUT2D eigenvalue weighted by Crippen LogP contribution is -2.23. The predicted molar refractivity (Wildman–Crippen MR) is 114 cm³/mol. The summed E-state index contributed by atoms with van der Waals surface area (Å²) in [6.45, 7) is 4.20. The first-order chi connectivity index (χ1) is 13.5. The first-order valence-corrected chi connectivity index (χ1v) is 11.1. The third-order valence-electron chi connectivity index (χ3n) is 4.28. The van der Waals surface area contributed by atoms with E-state index >= 15 is 0 Å². The third-order valence-corrected chi connectivity index (χ3v) is 6.07. The van der Waals surface area contributed by atoms with Crippen molar-refractivity contribution in [1.29, 1.82) is 0 Å². The minimum Gasteiger partial charge on any atom is -0.465 e. The lowest BCUT2D eigenvalue weighted by molar-refractivity contribution is -0.143. The molecule has 0 unspecified atom stereocenters. The Morgan fingerprint density at radius 3 is 2.54 bits per heavy atom. The number of thioether (sulfide) groups is 1. The highest BCUT2D eigenvalue weighted by Crippen LogP contribution is 2.20. The second-order valence-electron chi connectivity index (χ2n) is 6.08. The van der Waals surface area contributed by atoms with Gasteiger partial charge in [0.1, 0.15) is 6.54 Å². The molecule has 3 rings (SSSR count). The van der Waals surface area contributed by atoms with E-state index in [1.807, 2.05) is 30.5 Å². The lowest BCUT2D eigenvalue weighted by atomic mass is 10.2. The molecule has 0 atom stereocenters. The Labute approximate surface area is 172 Å². The maximum absolute atomic E-state index is 12.7. The van der Waals surface area contributed by atoms with Crippen LogP contribution in [0.4, 0.5) is 0 Å². The van der Waals surface area contributed by atoms with Crippen molar-refractivity contribution in [3.05, 3.63) is 58.4 Å². The minimum atomic E-state index is -0.347. The molecule has 0 bridgehead atoms. The number of aryl methyl sites for hydroxylation is 1. The molecule has 0 aliphatic rings. The van der Waals surface area contributed by atoms with Crippen LogP contribution in [-0.4, -0.2) is 29.3 Å². The number of rotatable bonds is 6. The maximum Gasteiger partial charge on any atom is 0.326 e. The molecule has 0 spiro atoms. The number of thiazole rings is 1. The van der Waals surface area contributed by atoms with E-state index < -0.39 is 0 Å². The number of hydrogen-bond donors (Lipinski definition) is 0. The summed E-state index contributed by atoms with van der Waals surface area (Å²) in [6.07, 6.45) is 2.90. The molecule has 0 N–H and O–H groups in total. The van der Waals surface area contributed by atoms with Crippen LogP contribution in [-0.2, 0) is 22.5 Å². The van der Waals surface area contributed by atoms with E-state index in [9.17, 15) is 9.59 Å². The summed E-state index contributed by atoms with van der Waals surface area (Å²) in [5.41, 5.74) is 2.59. The molecule has 1 heterocycles. The SMILES string of the molecule is CCOC(=O)Cn1c(=NC(=O)c2ccc(SC)cc2)sc2cc(CC)ccc21. The second kappa shape index (κ2) is 9.21. The van der Waals surface area contributed by atoms with Crippen molar-refractivity contribution in [2.24, 2.45) is 4.99 Å². The number of esters is 1. The first kappa shape index (κ1) is 20.4. The lowest BCUT2D eigenvalue weighted by Gasteiger charge is -2.05. The molecule has 0 aliphatic carbocycles. The van der Waals surface area contributed by atoms with Gasteiger partial charge in [-0.05, 0) is 61.6 Å². The van der Waals surface area contributed by atoms with Crippen LogP contribution in [0.1, 0.15) is 29.8 Å². The minimum absolute atomic E-state index is 0.0246. The summed E-state index contributed by atoms with van der Waals surface area (Å²) in [5.74, 6) is -0.674. The van der Waals surface area contributed by atoms with Crippen molar-refractivity contribution < 1.29 is 14.3 Å². The van der Waals surface area contributed by atoms with Crippen LogP contribution in [0.3, 0.4) is 0 Å². The third kappa shape index (κ3) is 4.54. The topological polar surface area (TPSA) is 60.7 Å². The molecule has 0 aliphatic heterocycles. The molecule has 0 saturated carbocycles. The van der Waals surface area contributed by atoms with Gasteiger partial charge in [0.25, 0.3) is 5.91 Å². The smallest absolute Gasteiger partial charge is 0.326 e. The zero-order valence-electron chi connectivity index (χ0n) is 16.1. The van der Waals surface area contributed by atoms with Gasteiger partial charge in [0.2, 0.25) is 0 Å². The van der Waals surface area contributed by atoms with E-state index in [1.165, 1.54) is 16.9 Å². The predicted octanol–water partition coefficient (Wildman–Crippen LogP) is 4.29. The number of fused-ring (bicyclic) bond motifs is 1. The van der Waals surface area contributed by atoms with Crippen molar-refractivity contribution in [2.45, 2.75) is 31.7 Å². The summed E-state index contributed by atoms with van der Waals surface area (Å²) in [5, 5.41) is 0. The van der Waals surface area contributed by atoms with Crippen molar-refractivity contribution >= 4 is 45.2 Å². The van der Waals surface area contributed by atoms with Crippen molar-refractivity contribution in [3.63, 3.8) is 0 Å². The number of nitrogens with zero attached hydrogens (tertiary/aromatic N) is 2. The van der Waals surface area contributed by atoms with Gasteiger partial charge in [-0.25, -0.2) is 0 Å². The number of hydrogen-bond acceptors (Lipinski definition) is 5. The number of amides is 1. The molecule has 146 valence electrons. The Hall–Kier alpha value is -2.38. The molecule has 28 heavy (non-hydrogen) atoms. The normalized spacial score (nSPS) is 11.8. The highest BCUT2D eigenvalue weighted by molar-refractivity contribution is 7.98. The van der Waals surface area contributed by atoms with Crippen LogP contribution in [0, 0.1) is 0 Å². The molecule has 0 radical (unpaired) electrons. The highest BCUT2D eigenvalue weighted by Gasteiger charge is 2.13. The standard InChI is InChI=1S/C21H22N2O3S2/c1-4-14-6-11-17-18(12-14)28-21(23(17)13-19(24)26-5-2)22-20(25)15-7-9-16(27-3)10-8-15/h6-12H,4-5,13H2,1-3H3. The molecule has 0 fully saturated rings. The van der Waals surface area contributed by atoms with Crippen molar-refractivity contribution in [3.8, 4) is 0 Å². The van der Waals surface area contributed by atoms with Gasteiger partial charge in [0.05, 0.1) is 16.8 Å². The summed E-state index contributed by atoms with van der Waals surface area (Å²) in [4.78, 5) is 30.7. The molecule has 0 saturated heterocycles. The Morgan fingerprint density at radius 2 is 1.89 bits per heavy atom. The van der Waals surface area contributed by atoms with Crippen molar-refractivity contribution in [2.75, 3.05) is 12.9 Å². The molecule has 2 aromatic carbocycles. The Morgan fingerprint density at radius 1 is 1.14 bits per heavy atom. The zero-order chi connectivity index (χ0) is 20.1. The van der Waals surface area contributed by atoms with E-state index in [4.69, 9.17) is 4.74 Å². The molecule has 5 nitrogen and oxygen atoms in total. The van der Waals surface area contributed by atoms with Gasteiger partial charge in [-0.1, -0.05) is 24.3 Å². The molecule has 3 aromatic rings. The Bertz CT molecular complexity index is 1070. The summed E-state index contributed by atoms with van der Waals surface area (Å²) >= 11 is 3.03. The summed E-state index contributed by atoms with van der Waals surface area (Å²) in [7, 11) is 0. The zero-order valence-corrected chi connectivity index (χ0v) is 17.7. The number of carbonyl (C=O) groups is 2. The molecular weight excluding hydrogens is 392 g/mol. The fourth-order valence-corrected chi connectivity index (χ4v) is 4.30. The van der Waals surface area contributed by atoms with Crippen LogP contribution in [0.25, 0.3) is 10.2 Å². The van der Waals surface area contributed by atoms with Crippen LogP contribution in [0.2, 0.25) is 0 Å². The molecule has 1 aromatic heterocycles. The largest absolute Gasteiger partial charge is 0.465 e. The van der Waals surface area contributed by atoms with Crippen LogP contribution in [0.15, 0.2) is 52.4 Å². The van der Waals surface area contributed by atoms with Gasteiger partial charge >= 0.3 is 5.97 Å². The van der Waals surface area contributed by atoms with Gasteiger partial charge in [0, 0.05) is 10.5 Å². The summed E-state index contributed by atoms with van der Waals surface area (Å²) in [6, 6.07) is 13.4. The molecule has 1 amide bonds. The Balaban J connectivity index is 2.07. The van der Waals surface area contributed by atoms with Gasteiger partial charge < -0.3 is 9.30 Å². The fourth-order valence-electron chi connectivity index (χ4n) is 2.80. The summed E-state index contributed by atoms with van der Waals surface area (Å²) < 4.78 is 7.84. The van der Waals surface area contributed by atoms with E-state index in [1.54, 1.807) is 35.4 Å². The Kier molecular flexibility index (Phi) is 6.70. The van der Waals surface area contributed by atoms with Crippen molar-refractivity contribution in [1.82, 2.24) is 4.57 Å². The quantitative estimate of drug-likeness (QED) is 0.446. The number of benzene rings is 2. The van der Waals surface area contributed by atoms with Gasteiger partial charge in [-0.2, -0.15) is 4.99 Å². The first-order valence-electron chi connectivity index (χ1n) is 9.06. The van der Waals surface area contributed by atoms with E-state index in [0.29, 0.717) is 17.0 Å². The van der Waals surface area contributed by atoms with Crippen LogP contribution in [0.5, 0.6) is 0 Å². The van der Waals surface area contributed by atoms with Crippen LogP contribution < -0.4 is 4.80 Å². The average molecular weight is 415 g/mol. The second-order valence-corrected chi connectivity index (χ2v) is 7.97. The molecule has 7 heteroatoms. The van der Waals surface area contributed by atoms with E-state index in [2.05, 4.69) is 18.0 Å². The number of aromatic nitrogens is 1. The van der Waals surface area contributed by atoms with Gasteiger partial charge in [-0.15, -0.1) is 11.8 Å². The monoisotopic (exact) mass is 414 g/mol. The number of ether oxygens (including phenoxy) is 1. The maximum atomic E-state index is 12.7. The van der Waals surface area contributed by atoms with Crippen LogP contribution >= 0.6 is 23.1 Å².